The van der Waals surface area contributed by atoms with Crippen molar-refractivity contribution in [3.8, 4) is 0 Å². The van der Waals surface area contributed by atoms with Crippen molar-refractivity contribution in [2.45, 2.75) is 25.1 Å². The Balaban J connectivity index is 1.69. The fourth-order valence-electron chi connectivity index (χ4n) is 2.78. The third-order valence-corrected chi connectivity index (χ3v) is 3.92. The molecule has 7 heteroatoms. The number of hydrogen-bond donors (Lipinski definition) is 2. The summed E-state index contributed by atoms with van der Waals surface area (Å²) in [5, 5.41) is 12.7. The maximum atomic E-state index is 12.3. The molecule has 1 heterocycles. The molecule has 0 spiro atoms. The fourth-order valence-corrected chi connectivity index (χ4v) is 2.78. The van der Waals surface area contributed by atoms with Gasteiger partial charge in [0.2, 0.25) is 5.91 Å². The van der Waals surface area contributed by atoms with Crippen LogP contribution in [0.2, 0.25) is 0 Å². The number of aliphatic hydroxyl groups is 1. The van der Waals surface area contributed by atoms with Crippen molar-refractivity contribution in [1.29, 1.82) is 0 Å². The van der Waals surface area contributed by atoms with E-state index >= 15 is 0 Å². The highest BCUT2D eigenvalue weighted by Crippen LogP contribution is 2.22. The van der Waals surface area contributed by atoms with Gasteiger partial charge in [-0.25, -0.2) is 0 Å². The number of nitrogens with zero attached hydrogens (tertiary/aromatic N) is 1. The number of hydrogen-bond acceptors (Lipinski definition) is 3. The van der Waals surface area contributed by atoms with E-state index in [-0.39, 0.29) is 18.2 Å². The Kier molecular flexibility index (Phi) is 6.01. The molecule has 1 aliphatic heterocycles. The highest BCUT2D eigenvalue weighted by Gasteiger charge is 2.34. The molecule has 0 saturated carbocycles. The van der Waals surface area contributed by atoms with Gasteiger partial charge in [-0.3, -0.25) is 9.69 Å². The molecular formula is C16H21F3N2O2. The summed E-state index contributed by atoms with van der Waals surface area (Å²) in [4.78, 5) is 13.2. The summed E-state index contributed by atoms with van der Waals surface area (Å²) in [6, 6.07) is 8.87. The van der Waals surface area contributed by atoms with Crippen LogP contribution in [0.15, 0.2) is 30.3 Å². The van der Waals surface area contributed by atoms with Gasteiger partial charge < -0.3 is 10.4 Å². The first-order chi connectivity index (χ1) is 10.8. The van der Waals surface area contributed by atoms with Gasteiger partial charge in [0, 0.05) is 13.1 Å². The monoisotopic (exact) mass is 330 g/mol. The van der Waals surface area contributed by atoms with Crippen molar-refractivity contribution in [3.05, 3.63) is 35.9 Å². The number of amides is 1. The molecule has 1 saturated heterocycles. The van der Waals surface area contributed by atoms with Crippen LogP contribution in [0.3, 0.4) is 0 Å². The highest BCUT2D eigenvalue weighted by molar-refractivity contribution is 5.76. The van der Waals surface area contributed by atoms with Gasteiger partial charge in [0.25, 0.3) is 0 Å². The third-order valence-electron chi connectivity index (χ3n) is 3.92. The van der Waals surface area contributed by atoms with E-state index in [1.807, 2.05) is 6.07 Å². The van der Waals surface area contributed by atoms with Gasteiger partial charge in [-0.2, -0.15) is 13.2 Å². The van der Waals surface area contributed by atoms with Crippen LogP contribution in [0.5, 0.6) is 0 Å². The van der Waals surface area contributed by atoms with Crippen molar-refractivity contribution in [1.82, 2.24) is 10.2 Å². The predicted octanol–water partition coefficient (Wildman–Crippen LogP) is 2.11. The third kappa shape index (κ3) is 6.19. The van der Waals surface area contributed by atoms with Crippen LogP contribution in [0.25, 0.3) is 0 Å². The molecule has 1 aliphatic rings. The lowest BCUT2D eigenvalue weighted by molar-refractivity contribution is -0.143. The molecule has 1 aromatic carbocycles. The summed E-state index contributed by atoms with van der Waals surface area (Å²) >= 11 is 0. The largest absolute Gasteiger partial charge is 0.401 e. The molecule has 1 amide bonds. The zero-order chi connectivity index (χ0) is 16.9. The molecule has 0 bridgehead atoms. The molecule has 128 valence electrons. The normalized spacial score (nSPS) is 20.4. The van der Waals surface area contributed by atoms with Gasteiger partial charge in [0.15, 0.2) is 0 Å². The Morgan fingerprint density at radius 1 is 1.35 bits per heavy atom. The number of carbonyl (C=O) groups is 1. The standard InChI is InChI=1S/C16H21F3N2O2/c17-16(18,19)11-21-7-6-12(10-21)9-20-15(23)8-14(22)13-4-2-1-3-5-13/h1-5,12,14,22H,6-11H2,(H,20,23). The molecule has 23 heavy (non-hydrogen) atoms. The van der Waals surface area contributed by atoms with Gasteiger partial charge in [-0.15, -0.1) is 0 Å². The van der Waals surface area contributed by atoms with E-state index in [4.69, 9.17) is 0 Å². The van der Waals surface area contributed by atoms with Crippen molar-refractivity contribution in [2.75, 3.05) is 26.2 Å². The summed E-state index contributed by atoms with van der Waals surface area (Å²) in [5.41, 5.74) is 0.667. The first-order valence-electron chi connectivity index (χ1n) is 7.62. The maximum absolute atomic E-state index is 12.3. The van der Waals surface area contributed by atoms with E-state index in [9.17, 15) is 23.1 Å². The van der Waals surface area contributed by atoms with Crippen molar-refractivity contribution >= 4 is 5.91 Å². The Bertz CT molecular complexity index is 508. The Morgan fingerprint density at radius 2 is 2.04 bits per heavy atom. The highest BCUT2D eigenvalue weighted by atomic mass is 19.4. The lowest BCUT2D eigenvalue weighted by Crippen LogP contribution is -2.35. The average molecular weight is 330 g/mol. The van der Waals surface area contributed by atoms with Gasteiger partial charge >= 0.3 is 6.18 Å². The molecule has 2 rings (SSSR count). The van der Waals surface area contributed by atoms with E-state index in [1.54, 1.807) is 24.3 Å². The topological polar surface area (TPSA) is 52.6 Å². The molecule has 2 atom stereocenters. The van der Waals surface area contributed by atoms with Crippen LogP contribution in [0, 0.1) is 5.92 Å². The molecule has 2 unspecified atom stereocenters. The number of likely N-dealkylation sites (tertiary alicyclic amines) is 1. The minimum atomic E-state index is -4.18. The lowest BCUT2D eigenvalue weighted by Gasteiger charge is -2.18. The van der Waals surface area contributed by atoms with Crippen LogP contribution in [-0.2, 0) is 4.79 Å². The quantitative estimate of drug-likeness (QED) is 0.840. The number of carbonyl (C=O) groups excluding carboxylic acids is 1. The average Bonchev–Trinajstić information content (AvgIpc) is 2.91. The molecule has 0 aromatic heterocycles. The fraction of sp³-hybridized carbons (Fsp3) is 0.562. The first kappa shape index (κ1) is 17.7. The Labute approximate surface area is 133 Å². The molecule has 0 radical (unpaired) electrons. The molecule has 0 aliphatic carbocycles. The van der Waals surface area contributed by atoms with Crippen molar-refractivity contribution in [3.63, 3.8) is 0 Å². The van der Waals surface area contributed by atoms with Crippen LogP contribution < -0.4 is 5.32 Å². The number of halogens is 3. The van der Waals surface area contributed by atoms with Gasteiger partial charge in [0.1, 0.15) is 0 Å². The van der Waals surface area contributed by atoms with Gasteiger partial charge in [0.05, 0.1) is 19.1 Å². The summed E-state index contributed by atoms with van der Waals surface area (Å²) in [6.07, 6.45) is -4.47. The Morgan fingerprint density at radius 3 is 2.70 bits per heavy atom. The van der Waals surface area contributed by atoms with Gasteiger partial charge in [-0.05, 0) is 24.4 Å². The van der Waals surface area contributed by atoms with E-state index < -0.39 is 18.8 Å². The second-order valence-electron chi connectivity index (χ2n) is 5.94. The number of rotatable bonds is 6. The lowest BCUT2D eigenvalue weighted by atomic mass is 10.1. The number of alkyl halides is 3. The molecular weight excluding hydrogens is 309 g/mol. The SMILES string of the molecule is O=C(CC(O)c1ccccc1)NCC1CCN(CC(F)(F)F)C1. The summed E-state index contributed by atoms with van der Waals surface area (Å²) in [7, 11) is 0. The maximum Gasteiger partial charge on any atom is 0.401 e. The number of nitrogens with one attached hydrogen (secondary N) is 1. The molecule has 2 N–H and O–H groups in total. The predicted molar refractivity (Wildman–Crippen MR) is 79.6 cm³/mol. The molecule has 4 nitrogen and oxygen atoms in total. The molecule has 1 fully saturated rings. The summed E-state index contributed by atoms with van der Waals surface area (Å²) in [6.45, 7) is 0.173. The zero-order valence-corrected chi connectivity index (χ0v) is 12.7. The van der Waals surface area contributed by atoms with Crippen LogP contribution in [0.1, 0.15) is 24.5 Å². The second-order valence-corrected chi connectivity index (χ2v) is 5.94. The smallest absolute Gasteiger partial charge is 0.388 e. The van der Waals surface area contributed by atoms with Gasteiger partial charge in [-0.1, -0.05) is 30.3 Å². The zero-order valence-electron chi connectivity index (χ0n) is 12.7. The number of benzene rings is 1. The Hall–Kier alpha value is -1.60. The van der Waals surface area contributed by atoms with E-state index in [2.05, 4.69) is 5.32 Å². The number of aliphatic hydroxyl groups excluding tert-OH is 1. The first-order valence-corrected chi connectivity index (χ1v) is 7.62. The minimum Gasteiger partial charge on any atom is -0.388 e. The van der Waals surface area contributed by atoms with E-state index in [1.165, 1.54) is 4.90 Å². The van der Waals surface area contributed by atoms with Crippen LogP contribution >= 0.6 is 0 Å². The van der Waals surface area contributed by atoms with Crippen molar-refractivity contribution in [2.24, 2.45) is 5.92 Å². The van der Waals surface area contributed by atoms with E-state index in [0.29, 0.717) is 31.6 Å². The van der Waals surface area contributed by atoms with E-state index in [0.717, 1.165) is 0 Å². The summed E-state index contributed by atoms with van der Waals surface area (Å²) < 4.78 is 36.9. The van der Waals surface area contributed by atoms with Crippen LogP contribution in [0.4, 0.5) is 13.2 Å². The second kappa shape index (κ2) is 7.79. The summed E-state index contributed by atoms with van der Waals surface area (Å²) in [5.74, 6) is -0.272. The molecule has 1 aromatic rings. The van der Waals surface area contributed by atoms with Crippen molar-refractivity contribution < 1.29 is 23.1 Å². The van der Waals surface area contributed by atoms with Crippen LogP contribution in [-0.4, -0.2) is 48.3 Å². The minimum absolute atomic E-state index is 0.0233.